The summed E-state index contributed by atoms with van der Waals surface area (Å²) in [5, 5.41) is 10.2. The van der Waals surface area contributed by atoms with Gasteiger partial charge in [0.1, 0.15) is 11.5 Å². The maximum atomic E-state index is 6.31. The third-order valence-corrected chi connectivity index (χ3v) is 8.65. The van der Waals surface area contributed by atoms with Crippen molar-refractivity contribution in [1.82, 2.24) is 0 Å². The van der Waals surface area contributed by atoms with Gasteiger partial charge in [0, 0.05) is 10.9 Å². The first-order valence-corrected chi connectivity index (χ1v) is 14.1. The van der Waals surface area contributed by atoms with Crippen LogP contribution in [0.4, 0.5) is 0 Å². The Morgan fingerprint density at radius 2 is 0.854 bits per heavy atom. The highest BCUT2D eigenvalue weighted by molar-refractivity contribution is 6.25. The molecule has 0 unspecified atom stereocenters. The maximum absolute atomic E-state index is 6.31. The van der Waals surface area contributed by atoms with Gasteiger partial charge in [-0.2, -0.15) is 0 Å². The molecule has 1 aliphatic heterocycles. The molecule has 0 amide bonds. The van der Waals surface area contributed by atoms with Crippen molar-refractivity contribution in [2.75, 3.05) is 0 Å². The summed E-state index contributed by atoms with van der Waals surface area (Å²) in [4.78, 5) is 0. The Hall–Kier alpha value is -5.40. The zero-order chi connectivity index (χ0) is 26.9. The van der Waals surface area contributed by atoms with Crippen LogP contribution in [0.25, 0.3) is 76.5 Å². The van der Waals surface area contributed by atoms with E-state index in [0.29, 0.717) is 0 Å². The predicted octanol–water partition coefficient (Wildman–Crippen LogP) is 11.4. The minimum Gasteiger partial charge on any atom is -0.456 e. The van der Waals surface area contributed by atoms with E-state index in [0.717, 1.165) is 17.1 Å². The summed E-state index contributed by atoms with van der Waals surface area (Å²) in [6.07, 6.45) is 0. The smallest absolute Gasteiger partial charge is 0.135 e. The highest BCUT2D eigenvalue weighted by Crippen LogP contribution is 2.47. The molecule has 9 rings (SSSR count). The first-order chi connectivity index (χ1) is 20.3. The predicted molar refractivity (Wildman–Crippen MR) is 173 cm³/mol. The van der Waals surface area contributed by atoms with Crippen LogP contribution >= 0.6 is 0 Å². The molecule has 0 aromatic heterocycles. The fourth-order valence-corrected chi connectivity index (χ4v) is 6.69. The fraction of sp³-hybridized carbons (Fsp3) is 0. The van der Waals surface area contributed by atoms with Crippen molar-refractivity contribution in [3.63, 3.8) is 0 Å². The zero-order valence-electron chi connectivity index (χ0n) is 22.3. The summed E-state index contributed by atoms with van der Waals surface area (Å²) < 4.78 is 6.31. The minimum absolute atomic E-state index is 0.910. The van der Waals surface area contributed by atoms with E-state index in [1.54, 1.807) is 0 Å². The van der Waals surface area contributed by atoms with Crippen LogP contribution in [-0.4, -0.2) is 0 Å². The van der Waals surface area contributed by atoms with Gasteiger partial charge in [-0.1, -0.05) is 121 Å². The summed E-state index contributed by atoms with van der Waals surface area (Å²) in [6, 6.07) is 52.6. The highest BCUT2D eigenvalue weighted by atomic mass is 16.5. The third kappa shape index (κ3) is 3.36. The number of rotatable bonds is 2. The molecule has 1 nitrogen and oxygen atoms in total. The molecule has 8 aromatic rings. The summed E-state index contributed by atoms with van der Waals surface area (Å²) in [5.74, 6) is 1.84. The van der Waals surface area contributed by atoms with Crippen molar-refractivity contribution < 1.29 is 4.74 Å². The second kappa shape index (κ2) is 8.55. The van der Waals surface area contributed by atoms with Crippen LogP contribution in [0.3, 0.4) is 0 Å². The number of hydrogen-bond donors (Lipinski definition) is 0. The number of hydrogen-bond acceptors (Lipinski definition) is 1. The lowest BCUT2D eigenvalue weighted by Gasteiger charge is -2.22. The van der Waals surface area contributed by atoms with Gasteiger partial charge in [-0.3, -0.25) is 0 Å². The third-order valence-electron chi connectivity index (χ3n) is 8.65. The van der Waals surface area contributed by atoms with Crippen molar-refractivity contribution in [2.24, 2.45) is 0 Å². The molecule has 0 fully saturated rings. The van der Waals surface area contributed by atoms with Crippen molar-refractivity contribution in [3.8, 4) is 44.9 Å². The van der Waals surface area contributed by atoms with Crippen LogP contribution in [-0.2, 0) is 0 Å². The van der Waals surface area contributed by atoms with Gasteiger partial charge >= 0.3 is 0 Å². The minimum atomic E-state index is 0.910. The second-order valence-corrected chi connectivity index (χ2v) is 10.9. The quantitative estimate of drug-likeness (QED) is 0.206. The van der Waals surface area contributed by atoms with Crippen molar-refractivity contribution in [2.45, 2.75) is 0 Å². The first kappa shape index (κ1) is 22.4. The molecule has 41 heavy (non-hydrogen) atoms. The van der Waals surface area contributed by atoms with Gasteiger partial charge < -0.3 is 4.74 Å². The largest absolute Gasteiger partial charge is 0.456 e. The van der Waals surface area contributed by atoms with Gasteiger partial charge in [0.2, 0.25) is 0 Å². The van der Waals surface area contributed by atoms with Crippen LogP contribution in [0.5, 0.6) is 11.5 Å². The maximum Gasteiger partial charge on any atom is 0.135 e. The normalized spacial score (nSPS) is 12.1. The molecule has 0 bridgehead atoms. The van der Waals surface area contributed by atoms with Gasteiger partial charge in [-0.05, 0) is 89.8 Å². The Kier molecular flexibility index (Phi) is 4.67. The van der Waals surface area contributed by atoms with Crippen molar-refractivity contribution >= 4 is 43.1 Å². The number of ether oxygens (including phenoxy) is 1. The van der Waals surface area contributed by atoms with Crippen molar-refractivity contribution in [3.05, 3.63) is 146 Å². The molecule has 190 valence electrons. The van der Waals surface area contributed by atoms with E-state index in [4.69, 9.17) is 4.74 Å². The molecular formula is C40H24O. The van der Waals surface area contributed by atoms with Crippen LogP contribution in [0, 0.1) is 0 Å². The summed E-state index contributed by atoms with van der Waals surface area (Å²) in [7, 11) is 0. The standard InChI is InChI=1S/C40H24O/c1-2-11-32-30(9-1)31-10-3-4-12-33(31)36-23-28(19-21-34(32)36)25-15-17-26(18-16-25)29-20-22-38-37(24-29)35-13-5-7-27-8-6-14-39(41-38)40(27)35/h1-24H. The van der Waals surface area contributed by atoms with Gasteiger partial charge in [-0.25, -0.2) is 0 Å². The van der Waals surface area contributed by atoms with Gasteiger partial charge in [0.25, 0.3) is 0 Å². The van der Waals surface area contributed by atoms with Gasteiger partial charge in [0.15, 0.2) is 0 Å². The number of fused-ring (bicyclic) bond motifs is 8. The van der Waals surface area contributed by atoms with Crippen molar-refractivity contribution in [1.29, 1.82) is 0 Å². The average molecular weight is 521 g/mol. The van der Waals surface area contributed by atoms with Crippen LogP contribution in [0.1, 0.15) is 0 Å². The molecule has 1 heterocycles. The lowest BCUT2D eigenvalue weighted by atomic mass is 9.91. The Morgan fingerprint density at radius 3 is 1.54 bits per heavy atom. The van der Waals surface area contributed by atoms with E-state index in [-0.39, 0.29) is 0 Å². The first-order valence-electron chi connectivity index (χ1n) is 14.1. The Labute approximate surface area is 237 Å². The molecule has 0 spiro atoms. The molecule has 0 atom stereocenters. The van der Waals surface area contributed by atoms with Crippen LogP contribution in [0.2, 0.25) is 0 Å². The molecule has 1 heteroatoms. The van der Waals surface area contributed by atoms with Gasteiger partial charge in [0.05, 0.1) is 0 Å². The van der Waals surface area contributed by atoms with Crippen LogP contribution < -0.4 is 4.74 Å². The lowest BCUT2D eigenvalue weighted by molar-refractivity contribution is 0.487. The molecule has 0 N–H and O–H groups in total. The van der Waals surface area contributed by atoms with Gasteiger partial charge in [-0.15, -0.1) is 0 Å². The monoisotopic (exact) mass is 520 g/mol. The molecule has 0 radical (unpaired) electrons. The Morgan fingerprint density at radius 1 is 0.317 bits per heavy atom. The SMILES string of the molecule is c1cc2c3c(cccc3c1)-c1cc(-c3ccc(-c4ccc5c6ccccc6c6ccccc6c5c4)cc3)ccc1O2. The molecule has 0 aliphatic carbocycles. The number of benzene rings is 8. The van der Waals surface area contributed by atoms with Crippen LogP contribution in [0.15, 0.2) is 146 Å². The molecule has 1 aliphatic rings. The molecule has 8 aromatic carbocycles. The van der Waals surface area contributed by atoms with E-state index in [1.807, 2.05) is 0 Å². The zero-order valence-corrected chi connectivity index (χ0v) is 22.3. The highest BCUT2D eigenvalue weighted by Gasteiger charge is 2.20. The molecule has 0 saturated heterocycles. The lowest BCUT2D eigenvalue weighted by Crippen LogP contribution is -1.97. The fourth-order valence-electron chi connectivity index (χ4n) is 6.69. The second-order valence-electron chi connectivity index (χ2n) is 10.9. The van der Waals surface area contributed by atoms with E-state index in [9.17, 15) is 0 Å². The van der Waals surface area contributed by atoms with E-state index in [1.165, 1.54) is 70.9 Å². The molecule has 0 saturated carbocycles. The van der Waals surface area contributed by atoms with E-state index >= 15 is 0 Å². The summed E-state index contributed by atoms with van der Waals surface area (Å²) in [6.45, 7) is 0. The topological polar surface area (TPSA) is 9.23 Å². The Balaban J connectivity index is 1.14. The molecular weight excluding hydrogens is 496 g/mol. The Bertz CT molecular complexity index is 2290. The summed E-state index contributed by atoms with van der Waals surface area (Å²) in [5.41, 5.74) is 7.20. The van der Waals surface area contributed by atoms with E-state index in [2.05, 4.69) is 146 Å². The average Bonchev–Trinajstić information content (AvgIpc) is 3.05. The van der Waals surface area contributed by atoms with E-state index < -0.39 is 0 Å². The summed E-state index contributed by atoms with van der Waals surface area (Å²) >= 11 is 0.